The molecule has 1 atom stereocenters. The van der Waals surface area contributed by atoms with E-state index in [0.29, 0.717) is 24.4 Å². The van der Waals surface area contributed by atoms with Gasteiger partial charge in [0, 0.05) is 11.3 Å². The Morgan fingerprint density at radius 3 is 2.88 bits per heavy atom. The van der Waals surface area contributed by atoms with Gasteiger partial charge in [0.05, 0.1) is 12.2 Å². The molecule has 2 aliphatic rings. The molecule has 0 radical (unpaired) electrons. The van der Waals surface area contributed by atoms with E-state index >= 15 is 0 Å². The van der Waals surface area contributed by atoms with E-state index in [0.717, 1.165) is 10.6 Å². The predicted octanol–water partition coefficient (Wildman–Crippen LogP) is 2.53. The Hall–Kier alpha value is -2.74. The van der Waals surface area contributed by atoms with Crippen molar-refractivity contribution >= 4 is 35.2 Å². The van der Waals surface area contributed by atoms with Crippen molar-refractivity contribution in [3.05, 3.63) is 47.4 Å². The molecular weight excluding hydrogens is 356 g/mol. The number of anilines is 1. The molecule has 2 aliphatic heterocycles. The number of amides is 2. The van der Waals surface area contributed by atoms with Crippen LogP contribution in [0.5, 0.6) is 0 Å². The molecule has 1 aromatic heterocycles. The molecule has 7 nitrogen and oxygen atoms in total. The second-order valence-electron chi connectivity index (χ2n) is 6.25. The summed E-state index contributed by atoms with van der Waals surface area (Å²) in [6.45, 7) is 1.63. The van der Waals surface area contributed by atoms with Crippen LogP contribution in [0.2, 0.25) is 0 Å². The Morgan fingerprint density at radius 2 is 2.15 bits per heavy atom. The summed E-state index contributed by atoms with van der Waals surface area (Å²) < 4.78 is 5.40. The lowest BCUT2D eigenvalue weighted by atomic mass is 10.2. The van der Waals surface area contributed by atoms with Crippen LogP contribution in [0.4, 0.5) is 5.69 Å². The molecule has 3 heterocycles. The van der Waals surface area contributed by atoms with Crippen LogP contribution in [0.1, 0.15) is 34.7 Å². The molecule has 2 aromatic rings. The maximum Gasteiger partial charge on any atom is 0.339 e. The normalized spacial score (nSPS) is 20.8. The largest absolute Gasteiger partial charge is 0.478 e. The average molecular weight is 372 g/mol. The Labute approximate surface area is 153 Å². The van der Waals surface area contributed by atoms with E-state index in [9.17, 15) is 14.4 Å². The fourth-order valence-electron chi connectivity index (χ4n) is 3.45. The molecule has 134 valence electrons. The number of rotatable bonds is 4. The molecule has 1 unspecified atom stereocenters. The summed E-state index contributed by atoms with van der Waals surface area (Å²) in [5.74, 6) is -0.770. The molecule has 26 heavy (non-hydrogen) atoms. The van der Waals surface area contributed by atoms with Crippen molar-refractivity contribution in [1.82, 2.24) is 5.32 Å². The van der Waals surface area contributed by atoms with Gasteiger partial charge in [0.15, 0.2) is 4.87 Å². The maximum absolute atomic E-state index is 13.0. The first-order valence-corrected chi connectivity index (χ1v) is 8.96. The molecule has 2 N–H and O–H groups in total. The number of thioether (sulfide) groups is 1. The van der Waals surface area contributed by atoms with Crippen LogP contribution in [0.3, 0.4) is 0 Å². The second kappa shape index (κ2) is 5.91. The zero-order valence-electron chi connectivity index (χ0n) is 13.9. The third kappa shape index (κ3) is 2.40. The molecule has 0 saturated carbocycles. The van der Waals surface area contributed by atoms with Gasteiger partial charge in [0.2, 0.25) is 5.91 Å². The van der Waals surface area contributed by atoms with Gasteiger partial charge < -0.3 is 14.8 Å². The standard InChI is InChI=1S/C18H16N2O5S/c1-10-12(16(22)23)8-11(25-10)9-19-17(24)18-7-6-15(21)20(18)13-4-2-3-5-14(13)26-18/h2-5,8H,6-7,9H2,1H3,(H,19,24)(H,22,23). The highest BCUT2D eigenvalue weighted by Gasteiger charge is 2.57. The van der Waals surface area contributed by atoms with Crippen molar-refractivity contribution in [2.45, 2.75) is 36.1 Å². The van der Waals surface area contributed by atoms with E-state index in [2.05, 4.69) is 5.32 Å². The minimum atomic E-state index is -1.07. The number of carbonyl (C=O) groups is 3. The smallest absolute Gasteiger partial charge is 0.339 e. The molecule has 1 aromatic carbocycles. The first-order valence-electron chi connectivity index (χ1n) is 8.14. The van der Waals surface area contributed by atoms with Gasteiger partial charge in [-0.25, -0.2) is 4.79 Å². The van der Waals surface area contributed by atoms with Crippen molar-refractivity contribution < 1.29 is 23.9 Å². The number of benzene rings is 1. The SMILES string of the molecule is Cc1oc(CNC(=O)C23CCC(=O)N2c2ccccc2S3)cc1C(=O)O. The Bertz CT molecular complexity index is 937. The molecule has 8 heteroatoms. The number of furan rings is 1. The van der Waals surface area contributed by atoms with Crippen LogP contribution < -0.4 is 10.2 Å². The summed E-state index contributed by atoms with van der Waals surface area (Å²) in [6, 6.07) is 8.87. The zero-order valence-corrected chi connectivity index (χ0v) is 14.8. The van der Waals surface area contributed by atoms with E-state index in [1.807, 2.05) is 24.3 Å². The van der Waals surface area contributed by atoms with E-state index in [1.54, 1.807) is 11.8 Å². The van der Waals surface area contributed by atoms with Crippen molar-refractivity contribution in [3.63, 3.8) is 0 Å². The van der Waals surface area contributed by atoms with Gasteiger partial charge in [-0.05, 0) is 31.5 Å². The first kappa shape index (κ1) is 16.7. The monoisotopic (exact) mass is 372 g/mol. The van der Waals surface area contributed by atoms with E-state index in [4.69, 9.17) is 9.52 Å². The molecule has 1 saturated heterocycles. The predicted molar refractivity (Wildman–Crippen MR) is 94.0 cm³/mol. The summed E-state index contributed by atoms with van der Waals surface area (Å²) in [5.41, 5.74) is 0.838. The third-order valence-corrected chi connectivity index (χ3v) is 6.13. The van der Waals surface area contributed by atoms with Crippen LogP contribution in [-0.4, -0.2) is 27.8 Å². The number of hydrogen-bond donors (Lipinski definition) is 2. The third-order valence-electron chi connectivity index (χ3n) is 4.65. The number of para-hydroxylation sites is 1. The summed E-state index contributed by atoms with van der Waals surface area (Å²) in [4.78, 5) is 37.9. The number of hydrogen-bond acceptors (Lipinski definition) is 5. The molecule has 0 bridgehead atoms. The van der Waals surface area contributed by atoms with Gasteiger partial charge in [-0.3, -0.25) is 14.5 Å². The number of aryl methyl sites for hydroxylation is 1. The number of nitrogens with zero attached hydrogens (tertiary/aromatic N) is 1. The van der Waals surface area contributed by atoms with Crippen molar-refractivity contribution in [2.75, 3.05) is 4.90 Å². The zero-order chi connectivity index (χ0) is 18.5. The fraction of sp³-hybridized carbons (Fsp3) is 0.278. The van der Waals surface area contributed by atoms with Crippen molar-refractivity contribution in [2.24, 2.45) is 0 Å². The number of nitrogens with one attached hydrogen (secondary N) is 1. The molecule has 4 rings (SSSR count). The molecule has 1 fully saturated rings. The topological polar surface area (TPSA) is 99.9 Å². The number of carboxylic acid groups (broad SMARTS) is 1. The second-order valence-corrected chi connectivity index (χ2v) is 7.57. The van der Waals surface area contributed by atoms with Gasteiger partial charge in [0.1, 0.15) is 17.1 Å². The maximum atomic E-state index is 13.0. The highest BCUT2D eigenvalue weighted by Crippen LogP contribution is 2.55. The van der Waals surface area contributed by atoms with Crippen molar-refractivity contribution in [3.8, 4) is 0 Å². The lowest BCUT2D eigenvalue weighted by Gasteiger charge is -2.29. The minimum absolute atomic E-state index is 0.0631. The molecule has 2 amide bonds. The van der Waals surface area contributed by atoms with Crippen molar-refractivity contribution in [1.29, 1.82) is 0 Å². The lowest BCUT2D eigenvalue weighted by molar-refractivity contribution is -0.125. The average Bonchev–Trinajstić information content (AvgIpc) is 3.25. The van der Waals surface area contributed by atoms with Crippen LogP contribution in [0.15, 0.2) is 39.6 Å². The Morgan fingerprint density at radius 1 is 1.38 bits per heavy atom. The molecular formula is C18H16N2O5S. The lowest BCUT2D eigenvalue weighted by Crippen LogP contribution is -2.52. The van der Waals surface area contributed by atoms with Gasteiger partial charge in [-0.15, -0.1) is 0 Å². The van der Waals surface area contributed by atoms with E-state index in [-0.39, 0.29) is 23.9 Å². The number of aromatic carboxylic acids is 1. The number of carboxylic acids is 1. The molecule has 0 aliphatic carbocycles. The Kier molecular flexibility index (Phi) is 3.80. The van der Waals surface area contributed by atoms with Crippen LogP contribution >= 0.6 is 11.8 Å². The summed E-state index contributed by atoms with van der Waals surface area (Å²) in [6.07, 6.45) is 0.742. The quantitative estimate of drug-likeness (QED) is 0.855. The van der Waals surface area contributed by atoms with Gasteiger partial charge in [0.25, 0.3) is 5.91 Å². The highest BCUT2D eigenvalue weighted by atomic mass is 32.2. The molecule has 0 spiro atoms. The van der Waals surface area contributed by atoms with E-state index < -0.39 is 10.8 Å². The number of carbonyl (C=O) groups excluding carboxylic acids is 2. The van der Waals surface area contributed by atoms with Crippen LogP contribution in [-0.2, 0) is 16.1 Å². The summed E-state index contributed by atoms with van der Waals surface area (Å²) >= 11 is 1.38. The highest BCUT2D eigenvalue weighted by molar-refractivity contribution is 8.02. The fourth-order valence-corrected chi connectivity index (χ4v) is 4.88. The van der Waals surface area contributed by atoms with Gasteiger partial charge >= 0.3 is 5.97 Å². The van der Waals surface area contributed by atoms with Gasteiger partial charge in [-0.2, -0.15) is 0 Å². The number of fused-ring (bicyclic) bond motifs is 3. The van der Waals surface area contributed by atoms with Crippen LogP contribution in [0, 0.1) is 6.92 Å². The summed E-state index contributed by atoms with van der Waals surface area (Å²) in [7, 11) is 0. The minimum Gasteiger partial charge on any atom is -0.478 e. The van der Waals surface area contributed by atoms with E-state index in [1.165, 1.54) is 17.8 Å². The Balaban J connectivity index is 1.56. The van der Waals surface area contributed by atoms with Crippen LogP contribution in [0.25, 0.3) is 0 Å². The summed E-state index contributed by atoms with van der Waals surface area (Å²) in [5, 5.41) is 11.9. The van der Waals surface area contributed by atoms with Gasteiger partial charge in [-0.1, -0.05) is 23.9 Å². The first-order chi connectivity index (χ1) is 12.4.